The summed E-state index contributed by atoms with van der Waals surface area (Å²) in [6, 6.07) is 0. The molecule has 5 heteroatoms. The molecule has 1 saturated heterocycles. The van der Waals surface area contributed by atoms with Gasteiger partial charge in [-0.3, -0.25) is 0 Å². The molecule has 1 aliphatic heterocycles. The Bertz CT molecular complexity index is 505. The average molecular weight is 595 g/mol. The molecule has 39 heavy (non-hydrogen) atoms. The maximum absolute atomic E-state index is 12.1. The van der Waals surface area contributed by atoms with Crippen LogP contribution < -0.4 is 15.3 Å². The fraction of sp³-hybridized carbons (Fsp3) is 1.00. The molecule has 1 aliphatic rings. The summed E-state index contributed by atoms with van der Waals surface area (Å²) in [4.78, 5) is 0. The van der Waals surface area contributed by atoms with E-state index in [1.165, 1.54) is 12.8 Å². The number of rotatable bonds is 0. The molecule has 0 saturated carbocycles. The molecular formula is C34H71O4V-3. The van der Waals surface area contributed by atoms with Crippen LogP contribution in [0.4, 0.5) is 0 Å². The maximum Gasteiger partial charge on any atom is 0.0466 e. The smallest absolute Gasteiger partial charge is 0.0466 e. The van der Waals surface area contributed by atoms with E-state index in [4.69, 9.17) is 4.74 Å². The predicted octanol–water partition coefficient (Wildman–Crippen LogP) is 7.39. The molecule has 239 valence electrons. The Morgan fingerprint density at radius 2 is 0.462 bits per heavy atom. The normalized spacial score (nSPS) is 16.0. The van der Waals surface area contributed by atoms with Crippen LogP contribution >= 0.6 is 0 Å². The summed E-state index contributed by atoms with van der Waals surface area (Å²) in [5.41, 5.74) is -3.68. The Hall–Kier alpha value is 0.424. The minimum absolute atomic E-state index is 0. The maximum atomic E-state index is 12.1. The van der Waals surface area contributed by atoms with Gasteiger partial charge in [0.1, 0.15) is 0 Å². The third-order valence-corrected chi connectivity index (χ3v) is 9.41. The van der Waals surface area contributed by atoms with E-state index in [-0.39, 0.29) is 51.0 Å². The second kappa shape index (κ2) is 15.2. The van der Waals surface area contributed by atoms with Gasteiger partial charge in [0.2, 0.25) is 0 Å². The Kier molecular flexibility index (Phi) is 18.1. The fourth-order valence-electron chi connectivity index (χ4n) is 3.89. The number of hydrogen-bond acceptors (Lipinski definition) is 4. The van der Waals surface area contributed by atoms with E-state index < -0.39 is 16.8 Å². The van der Waals surface area contributed by atoms with Crippen molar-refractivity contribution in [1.29, 1.82) is 0 Å². The zero-order chi connectivity index (χ0) is 32.0. The number of ether oxygens (including phenoxy) is 1. The van der Waals surface area contributed by atoms with Crippen molar-refractivity contribution >= 4 is 0 Å². The molecule has 4 nitrogen and oxygen atoms in total. The van der Waals surface area contributed by atoms with Crippen molar-refractivity contribution in [2.24, 2.45) is 32.5 Å². The predicted molar refractivity (Wildman–Crippen MR) is 162 cm³/mol. The molecule has 0 spiro atoms. The summed E-state index contributed by atoms with van der Waals surface area (Å²) >= 11 is 0. The minimum atomic E-state index is -0.875. The van der Waals surface area contributed by atoms with Gasteiger partial charge in [-0.05, 0) is 45.3 Å². The molecule has 0 aliphatic carbocycles. The van der Waals surface area contributed by atoms with Crippen LogP contribution in [0.15, 0.2) is 0 Å². The molecule has 1 heterocycles. The van der Waals surface area contributed by atoms with Gasteiger partial charge in [0.25, 0.3) is 0 Å². The van der Waals surface area contributed by atoms with Gasteiger partial charge in [-0.1, -0.05) is 145 Å². The van der Waals surface area contributed by atoms with E-state index >= 15 is 0 Å². The van der Waals surface area contributed by atoms with E-state index in [9.17, 15) is 15.3 Å². The van der Waals surface area contributed by atoms with Gasteiger partial charge in [0, 0.05) is 31.8 Å². The van der Waals surface area contributed by atoms with Crippen LogP contribution in [-0.4, -0.2) is 30.0 Å². The van der Waals surface area contributed by atoms with Gasteiger partial charge in [-0.2, -0.15) is 0 Å². The van der Waals surface area contributed by atoms with Crippen molar-refractivity contribution in [3.05, 3.63) is 0 Å². The Morgan fingerprint density at radius 1 is 0.333 bits per heavy atom. The zero-order valence-corrected chi connectivity index (χ0v) is 31.8. The fourth-order valence-corrected chi connectivity index (χ4v) is 3.89. The quantitative estimate of drug-likeness (QED) is 0.293. The summed E-state index contributed by atoms with van der Waals surface area (Å²) < 4.78 is 4.94. The molecule has 1 fully saturated rings. The van der Waals surface area contributed by atoms with Gasteiger partial charge in [-0.15, -0.1) is 16.8 Å². The average Bonchev–Trinajstić information content (AvgIpc) is 3.16. The van der Waals surface area contributed by atoms with Crippen LogP contribution in [0.1, 0.15) is 158 Å². The minimum Gasteiger partial charge on any atom is -0.849 e. The molecule has 0 N–H and O–H groups in total. The van der Waals surface area contributed by atoms with E-state index in [0.29, 0.717) is 0 Å². The Morgan fingerprint density at radius 3 is 0.487 bits per heavy atom. The van der Waals surface area contributed by atoms with E-state index in [2.05, 4.69) is 0 Å². The van der Waals surface area contributed by atoms with Crippen molar-refractivity contribution in [2.45, 2.75) is 175 Å². The SMILES string of the molecule is C1CCOC1.CC(C)(C)C(C)([O-])C(C)(C)C.CC(C)(C)C(C)([O-])C(C)(C)C.CC(C)(C)C(C)([O-])C(C)(C)C.[V]. The van der Waals surface area contributed by atoms with Crippen LogP contribution in [0.3, 0.4) is 0 Å². The first-order valence-corrected chi connectivity index (χ1v) is 14.7. The Labute approximate surface area is 258 Å². The van der Waals surface area contributed by atoms with E-state index in [0.717, 1.165) is 13.2 Å². The first-order chi connectivity index (χ1) is 16.0. The summed E-state index contributed by atoms with van der Waals surface area (Å²) in [5.74, 6) is 0. The molecule has 0 aromatic rings. The molecule has 0 aromatic carbocycles. The largest absolute Gasteiger partial charge is 0.849 e. The topological polar surface area (TPSA) is 78.4 Å². The van der Waals surface area contributed by atoms with E-state index in [1.807, 2.05) is 125 Å². The second-order valence-corrected chi connectivity index (χ2v) is 17.9. The van der Waals surface area contributed by atoms with Crippen molar-refractivity contribution in [3.63, 3.8) is 0 Å². The first kappa shape index (κ1) is 46.4. The van der Waals surface area contributed by atoms with Crippen molar-refractivity contribution in [1.82, 2.24) is 0 Å². The molecule has 0 bridgehead atoms. The Balaban J connectivity index is -0.000000213. The summed E-state index contributed by atoms with van der Waals surface area (Å²) in [6.45, 7) is 43.5. The monoisotopic (exact) mass is 594 g/mol. The molecule has 1 radical (unpaired) electrons. The summed E-state index contributed by atoms with van der Waals surface area (Å²) in [6.07, 6.45) is 2.56. The summed E-state index contributed by atoms with van der Waals surface area (Å²) in [7, 11) is 0. The molecule has 0 amide bonds. The van der Waals surface area contributed by atoms with Gasteiger partial charge in [0.15, 0.2) is 0 Å². The van der Waals surface area contributed by atoms with Gasteiger partial charge in [-0.25, -0.2) is 0 Å². The second-order valence-electron chi connectivity index (χ2n) is 17.9. The molecule has 0 aromatic heterocycles. The van der Waals surface area contributed by atoms with Crippen LogP contribution in [0.2, 0.25) is 0 Å². The third-order valence-electron chi connectivity index (χ3n) is 9.41. The molecule has 1 rings (SSSR count). The van der Waals surface area contributed by atoms with E-state index in [1.54, 1.807) is 20.8 Å². The number of hydrogen-bond donors (Lipinski definition) is 0. The van der Waals surface area contributed by atoms with Crippen LogP contribution in [0.25, 0.3) is 0 Å². The zero-order valence-electron chi connectivity index (χ0n) is 30.4. The van der Waals surface area contributed by atoms with Crippen molar-refractivity contribution < 1.29 is 38.6 Å². The molecular weight excluding hydrogens is 523 g/mol. The first-order valence-electron chi connectivity index (χ1n) is 14.7. The summed E-state index contributed by atoms with van der Waals surface area (Å²) in [5, 5.41) is 36.4. The van der Waals surface area contributed by atoms with Crippen molar-refractivity contribution in [2.75, 3.05) is 13.2 Å². The third kappa shape index (κ3) is 14.4. The van der Waals surface area contributed by atoms with Crippen molar-refractivity contribution in [3.8, 4) is 0 Å². The van der Waals surface area contributed by atoms with Gasteiger partial charge in [0.05, 0.1) is 0 Å². The van der Waals surface area contributed by atoms with Gasteiger partial charge < -0.3 is 20.1 Å². The van der Waals surface area contributed by atoms with Crippen LogP contribution in [0, 0.1) is 32.5 Å². The standard InChI is InChI=1S/3C10H21O.C4H8O.V/c3*1-8(2,3)10(7,11)9(4,5)6;1-2-4-5-3-1;/h3*1-7H3;1-4H2;/q3*-1;;. The molecule has 0 unspecified atom stereocenters. The van der Waals surface area contributed by atoms with Gasteiger partial charge >= 0.3 is 0 Å². The molecule has 0 atom stereocenters. The van der Waals surface area contributed by atoms with Crippen LogP contribution in [-0.2, 0) is 23.3 Å². The van der Waals surface area contributed by atoms with Crippen LogP contribution in [0.5, 0.6) is 0 Å².